The molecule has 0 atom stereocenters. The van der Waals surface area contributed by atoms with E-state index in [0.717, 1.165) is 28.4 Å². The first-order valence-corrected chi connectivity index (χ1v) is 6.31. The first-order valence-electron chi connectivity index (χ1n) is 5.90. The fraction of sp³-hybridized carbons (Fsp3) is 0.286. The van der Waals surface area contributed by atoms with E-state index in [9.17, 15) is 0 Å². The van der Waals surface area contributed by atoms with Gasteiger partial charge in [-0.3, -0.25) is 4.68 Å². The molecule has 5 heteroatoms. The van der Waals surface area contributed by atoms with E-state index in [0.29, 0.717) is 6.54 Å². The van der Waals surface area contributed by atoms with Gasteiger partial charge in [0.15, 0.2) is 0 Å². The molecule has 0 bridgehead atoms. The summed E-state index contributed by atoms with van der Waals surface area (Å²) in [7, 11) is 1.66. The fourth-order valence-corrected chi connectivity index (χ4v) is 2.08. The molecule has 1 heterocycles. The number of ether oxygens (including phenoxy) is 1. The van der Waals surface area contributed by atoms with Gasteiger partial charge in [-0.2, -0.15) is 10.1 Å². The zero-order valence-corrected chi connectivity index (χ0v) is 12.0. The lowest BCUT2D eigenvalue weighted by atomic mass is 10.2. The molecule has 0 radical (unpaired) electrons. The number of aliphatic imine (C=N–C) groups is 1. The van der Waals surface area contributed by atoms with E-state index in [-0.39, 0.29) is 0 Å². The number of hydrogen-bond donors (Lipinski definition) is 0. The van der Waals surface area contributed by atoms with Crippen LogP contribution in [0.5, 0.6) is 5.75 Å². The summed E-state index contributed by atoms with van der Waals surface area (Å²) in [6, 6.07) is 7.93. The third-order valence-electron chi connectivity index (χ3n) is 2.97. The highest BCUT2D eigenvalue weighted by Gasteiger charge is 2.10. The van der Waals surface area contributed by atoms with Gasteiger partial charge in [0.2, 0.25) is 0 Å². The Balaban J connectivity index is 2.33. The summed E-state index contributed by atoms with van der Waals surface area (Å²) in [4.78, 5) is 4.06. The van der Waals surface area contributed by atoms with Crippen LogP contribution in [0.4, 0.5) is 5.69 Å². The van der Waals surface area contributed by atoms with E-state index >= 15 is 0 Å². The molecule has 19 heavy (non-hydrogen) atoms. The number of isothiocyanates is 1. The van der Waals surface area contributed by atoms with E-state index in [1.807, 2.05) is 42.8 Å². The molecular weight excluding hydrogens is 258 g/mol. The molecule has 0 saturated heterocycles. The SMILES string of the molecule is COc1cccc(Cn2nc(C)c(N=C=S)c2C)c1. The van der Waals surface area contributed by atoms with E-state index < -0.39 is 0 Å². The third kappa shape index (κ3) is 2.89. The maximum atomic E-state index is 5.22. The summed E-state index contributed by atoms with van der Waals surface area (Å²) in [6.07, 6.45) is 0. The van der Waals surface area contributed by atoms with Crippen LogP contribution in [0.2, 0.25) is 0 Å². The van der Waals surface area contributed by atoms with Crippen molar-refractivity contribution >= 4 is 23.1 Å². The van der Waals surface area contributed by atoms with Gasteiger partial charge in [-0.25, -0.2) is 0 Å². The third-order valence-corrected chi connectivity index (χ3v) is 3.06. The standard InChI is InChI=1S/C14H15N3OS/c1-10-14(15-9-19)11(2)17(16-10)8-12-5-4-6-13(7-12)18-3/h4-7H,8H2,1-3H3. The van der Waals surface area contributed by atoms with Crippen LogP contribution in [0.1, 0.15) is 17.0 Å². The van der Waals surface area contributed by atoms with Crippen LogP contribution in [-0.4, -0.2) is 22.1 Å². The van der Waals surface area contributed by atoms with Crippen LogP contribution in [0.3, 0.4) is 0 Å². The van der Waals surface area contributed by atoms with Gasteiger partial charge in [0.25, 0.3) is 0 Å². The molecule has 0 spiro atoms. The lowest BCUT2D eigenvalue weighted by molar-refractivity contribution is 0.414. The molecule has 1 aromatic heterocycles. The Hall–Kier alpha value is -1.97. The van der Waals surface area contributed by atoms with Gasteiger partial charge >= 0.3 is 0 Å². The number of nitrogens with zero attached hydrogens (tertiary/aromatic N) is 3. The molecule has 98 valence electrons. The lowest BCUT2D eigenvalue weighted by Crippen LogP contribution is -2.04. The number of aryl methyl sites for hydroxylation is 1. The zero-order valence-electron chi connectivity index (χ0n) is 11.2. The van der Waals surface area contributed by atoms with Crippen LogP contribution >= 0.6 is 12.2 Å². The first-order chi connectivity index (χ1) is 9.15. The number of thiocarbonyl (C=S) groups is 1. The minimum absolute atomic E-state index is 0.677. The van der Waals surface area contributed by atoms with Crippen molar-refractivity contribution in [1.29, 1.82) is 0 Å². The van der Waals surface area contributed by atoms with Gasteiger partial charge in [-0.15, -0.1) is 0 Å². The van der Waals surface area contributed by atoms with Gasteiger partial charge in [-0.05, 0) is 43.8 Å². The second-order valence-electron chi connectivity index (χ2n) is 4.23. The Kier molecular flexibility index (Phi) is 4.10. The van der Waals surface area contributed by atoms with Crippen molar-refractivity contribution in [2.75, 3.05) is 7.11 Å². The molecular formula is C14H15N3OS. The Morgan fingerprint density at radius 3 is 2.89 bits per heavy atom. The second-order valence-corrected chi connectivity index (χ2v) is 4.41. The molecule has 0 saturated carbocycles. The van der Waals surface area contributed by atoms with E-state index in [1.165, 1.54) is 0 Å². The summed E-state index contributed by atoms with van der Waals surface area (Å²) < 4.78 is 7.13. The number of aromatic nitrogens is 2. The predicted octanol–water partition coefficient (Wildman–Crippen LogP) is 3.29. The van der Waals surface area contributed by atoms with E-state index in [2.05, 4.69) is 27.5 Å². The van der Waals surface area contributed by atoms with Gasteiger partial charge < -0.3 is 4.74 Å². The second kappa shape index (κ2) is 5.78. The van der Waals surface area contributed by atoms with Crippen molar-refractivity contribution in [3.8, 4) is 5.75 Å². The largest absolute Gasteiger partial charge is 0.497 e. The zero-order chi connectivity index (χ0) is 13.8. The Morgan fingerprint density at radius 2 is 2.21 bits per heavy atom. The van der Waals surface area contributed by atoms with E-state index in [1.54, 1.807) is 7.11 Å². The number of hydrogen-bond acceptors (Lipinski definition) is 4. The summed E-state index contributed by atoms with van der Waals surface area (Å²) >= 11 is 4.65. The van der Waals surface area contributed by atoms with Crippen LogP contribution in [0, 0.1) is 13.8 Å². The van der Waals surface area contributed by atoms with Crippen LogP contribution in [0.15, 0.2) is 29.3 Å². The van der Waals surface area contributed by atoms with Crippen molar-refractivity contribution in [2.24, 2.45) is 4.99 Å². The quantitative estimate of drug-likeness (QED) is 0.634. The highest BCUT2D eigenvalue weighted by molar-refractivity contribution is 7.78. The normalized spacial score (nSPS) is 10.1. The van der Waals surface area contributed by atoms with Crippen molar-refractivity contribution in [3.63, 3.8) is 0 Å². The number of benzene rings is 1. The Labute approximate surface area is 117 Å². The lowest BCUT2D eigenvalue weighted by Gasteiger charge is -2.06. The molecule has 0 fully saturated rings. The molecule has 4 nitrogen and oxygen atoms in total. The minimum atomic E-state index is 0.677. The maximum absolute atomic E-state index is 5.22. The smallest absolute Gasteiger partial charge is 0.119 e. The molecule has 2 aromatic rings. The average Bonchev–Trinajstić information content (AvgIpc) is 2.67. The monoisotopic (exact) mass is 273 g/mol. The van der Waals surface area contributed by atoms with Crippen LogP contribution in [0.25, 0.3) is 0 Å². The van der Waals surface area contributed by atoms with Gasteiger partial charge in [0, 0.05) is 0 Å². The van der Waals surface area contributed by atoms with Gasteiger partial charge in [-0.1, -0.05) is 12.1 Å². The molecule has 2 rings (SSSR count). The summed E-state index contributed by atoms with van der Waals surface area (Å²) in [5.41, 5.74) is 3.77. The summed E-state index contributed by atoms with van der Waals surface area (Å²) in [5.74, 6) is 0.844. The molecule has 0 unspecified atom stereocenters. The molecule has 0 aliphatic rings. The van der Waals surface area contributed by atoms with Crippen molar-refractivity contribution < 1.29 is 4.74 Å². The van der Waals surface area contributed by atoms with Crippen molar-refractivity contribution in [1.82, 2.24) is 9.78 Å². The maximum Gasteiger partial charge on any atom is 0.119 e. The fourth-order valence-electron chi connectivity index (χ4n) is 1.99. The highest BCUT2D eigenvalue weighted by atomic mass is 32.1. The average molecular weight is 273 g/mol. The van der Waals surface area contributed by atoms with Crippen molar-refractivity contribution in [2.45, 2.75) is 20.4 Å². The number of rotatable bonds is 4. The predicted molar refractivity (Wildman–Crippen MR) is 78.5 cm³/mol. The summed E-state index contributed by atoms with van der Waals surface area (Å²) in [6.45, 7) is 4.57. The Bertz CT molecular complexity index is 642. The van der Waals surface area contributed by atoms with Crippen molar-refractivity contribution in [3.05, 3.63) is 41.2 Å². The van der Waals surface area contributed by atoms with Gasteiger partial charge in [0.05, 0.1) is 30.2 Å². The number of methoxy groups -OCH3 is 1. The topological polar surface area (TPSA) is 39.4 Å². The molecule has 0 amide bonds. The Morgan fingerprint density at radius 1 is 1.42 bits per heavy atom. The molecule has 1 aromatic carbocycles. The molecule has 0 aliphatic carbocycles. The molecule has 0 aliphatic heterocycles. The van der Waals surface area contributed by atoms with Crippen LogP contribution in [-0.2, 0) is 6.54 Å². The van der Waals surface area contributed by atoms with Gasteiger partial charge in [0.1, 0.15) is 11.4 Å². The first kappa shape index (κ1) is 13.5. The molecule has 0 N–H and O–H groups in total. The summed E-state index contributed by atoms with van der Waals surface area (Å²) in [5, 5.41) is 6.87. The van der Waals surface area contributed by atoms with Crippen LogP contribution < -0.4 is 4.74 Å². The highest BCUT2D eigenvalue weighted by Crippen LogP contribution is 2.23. The van der Waals surface area contributed by atoms with E-state index in [4.69, 9.17) is 4.74 Å². The minimum Gasteiger partial charge on any atom is -0.497 e.